The minimum Gasteiger partial charge on any atom is -0.390 e. The Kier molecular flexibility index (Phi) is 4.88. The number of nitrogens with zero attached hydrogens (tertiary/aromatic N) is 1. The normalized spacial score (nSPS) is 16.0. The van der Waals surface area contributed by atoms with Crippen molar-refractivity contribution in [2.45, 2.75) is 30.4 Å². The van der Waals surface area contributed by atoms with Gasteiger partial charge in [-0.05, 0) is 11.8 Å². The van der Waals surface area contributed by atoms with Gasteiger partial charge in [0.25, 0.3) is 5.56 Å². The molecule has 21 heavy (non-hydrogen) atoms. The Morgan fingerprint density at radius 1 is 1.43 bits per heavy atom. The van der Waals surface area contributed by atoms with Crippen molar-refractivity contribution in [3.05, 3.63) is 22.1 Å². The maximum absolute atomic E-state index is 11.7. The van der Waals surface area contributed by atoms with Gasteiger partial charge >= 0.3 is 0 Å². The summed E-state index contributed by atoms with van der Waals surface area (Å²) in [6.07, 6.45) is 1.90. The lowest BCUT2D eigenvalue weighted by Crippen LogP contribution is -2.33. The molecule has 0 fully saturated rings. The Morgan fingerprint density at radius 3 is 2.81 bits per heavy atom. The van der Waals surface area contributed by atoms with E-state index in [1.807, 2.05) is 6.26 Å². The van der Waals surface area contributed by atoms with Crippen molar-refractivity contribution in [1.29, 1.82) is 0 Å². The number of hydrogen-bond donors (Lipinski definition) is 6. The van der Waals surface area contributed by atoms with Crippen molar-refractivity contribution in [1.82, 2.24) is 15.0 Å². The average molecular weight is 313 g/mol. The van der Waals surface area contributed by atoms with Crippen LogP contribution in [0.5, 0.6) is 0 Å². The molecule has 0 saturated carbocycles. The molecule has 8 N–H and O–H groups in total. The summed E-state index contributed by atoms with van der Waals surface area (Å²) in [5.74, 6) is 0.00722. The number of aromatic amines is 2. The van der Waals surface area contributed by atoms with Gasteiger partial charge in [0, 0.05) is 19.0 Å². The molecule has 0 aliphatic carbocycles. The molecule has 0 bridgehead atoms. The standard InChI is InChI=1S/C12H19N5O3S/c1-21-8(13)3-7(19)6(18)2-5-4-15-10-9(5)16-12(14)17-11(10)20/h4,6-8,15,18-19H,2-3,13H2,1H3,(H3,14,16,17,20). The summed E-state index contributed by atoms with van der Waals surface area (Å²) in [6.45, 7) is 0. The molecule has 0 spiro atoms. The molecule has 0 aliphatic rings. The molecular weight excluding hydrogens is 294 g/mol. The van der Waals surface area contributed by atoms with E-state index in [4.69, 9.17) is 11.5 Å². The van der Waals surface area contributed by atoms with Crippen molar-refractivity contribution in [3.63, 3.8) is 0 Å². The first-order valence-corrected chi connectivity index (χ1v) is 7.71. The Balaban J connectivity index is 2.18. The van der Waals surface area contributed by atoms with E-state index in [1.54, 1.807) is 6.20 Å². The van der Waals surface area contributed by atoms with Crippen LogP contribution in [0.4, 0.5) is 5.95 Å². The summed E-state index contributed by atoms with van der Waals surface area (Å²) in [4.78, 5) is 20.9. The molecule has 0 amide bonds. The van der Waals surface area contributed by atoms with Crippen LogP contribution in [0.1, 0.15) is 12.0 Å². The molecule has 0 aromatic carbocycles. The number of aliphatic hydroxyl groups excluding tert-OH is 2. The molecule has 0 radical (unpaired) electrons. The Labute approximate surface area is 125 Å². The van der Waals surface area contributed by atoms with Crippen molar-refractivity contribution in [2.75, 3.05) is 12.0 Å². The number of nitrogens with two attached hydrogens (primary N) is 2. The maximum Gasteiger partial charge on any atom is 0.276 e. The minimum atomic E-state index is -0.996. The number of anilines is 1. The molecule has 2 heterocycles. The quantitative estimate of drug-likeness (QED) is 0.379. The Morgan fingerprint density at radius 2 is 2.14 bits per heavy atom. The summed E-state index contributed by atoms with van der Waals surface area (Å²) in [7, 11) is 0. The highest BCUT2D eigenvalue weighted by Crippen LogP contribution is 2.18. The largest absolute Gasteiger partial charge is 0.390 e. The molecule has 2 aromatic heterocycles. The van der Waals surface area contributed by atoms with Crippen molar-refractivity contribution < 1.29 is 10.2 Å². The Bertz CT molecular complexity index is 670. The van der Waals surface area contributed by atoms with Crippen LogP contribution < -0.4 is 17.0 Å². The van der Waals surface area contributed by atoms with E-state index in [2.05, 4.69) is 15.0 Å². The zero-order valence-electron chi connectivity index (χ0n) is 11.5. The van der Waals surface area contributed by atoms with Gasteiger partial charge in [0.05, 0.1) is 17.6 Å². The molecule has 3 unspecified atom stereocenters. The molecular formula is C12H19N5O3S. The van der Waals surface area contributed by atoms with Crippen LogP contribution in [0.15, 0.2) is 11.0 Å². The van der Waals surface area contributed by atoms with Gasteiger partial charge in [0.1, 0.15) is 11.0 Å². The second-order valence-electron chi connectivity index (χ2n) is 4.84. The van der Waals surface area contributed by atoms with Gasteiger partial charge in [-0.3, -0.25) is 9.78 Å². The molecule has 2 aromatic rings. The third-order valence-corrected chi connectivity index (χ3v) is 4.08. The SMILES string of the molecule is CSC(N)CC(O)C(O)Cc1c[nH]c2c(=O)[nH]c(N)nc12. The predicted octanol–water partition coefficient (Wildman–Crippen LogP) is -0.864. The molecule has 0 saturated heterocycles. The molecule has 3 atom stereocenters. The van der Waals surface area contributed by atoms with E-state index in [9.17, 15) is 15.0 Å². The highest BCUT2D eigenvalue weighted by molar-refractivity contribution is 7.99. The van der Waals surface area contributed by atoms with Crippen LogP contribution in [0.25, 0.3) is 11.0 Å². The van der Waals surface area contributed by atoms with E-state index in [0.717, 1.165) is 0 Å². The smallest absolute Gasteiger partial charge is 0.276 e. The van der Waals surface area contributed by atoms with Crippen LogP contribution in [0.3, 0.4) is 0 Å². The second kappa shape index (κ2) is 6.48. The fourth-order valence-electron chi connectivity index (χ4n) is 2.09. The van der Waals surface area contributed by atoms with Crippen molar-refractivity contribution >= 4 is 28.7 Å². The number of H-pyrrole nitrogens is 2. The third-order valence-electron chi connectivity index (χ3n) is 3.28. The highest BCUT2D eigenvalue weighted by atomic mass is 32.2. The lowest BCUT2D eigenvalue weighted by atomic mass is 10.0. The molecule has 116 valence electrons. The van der Waals surface area contributed by atoms with Crippen LogP contribution in [-0.4, -0.2) is 49.0 Å². The van der Waals surface area contributed by atoms with Gasteiger partial charge in [-0.15, -0.1) is 11.8 Å². The number of thioether (sulfide) groups is 1. The van der Waals surface area contributed by atoms with Gasteiger partial charge < -0.3 is 26.7 Å². The lowest BCUT2D eigenvalue weighted by Gasteiger charge is -2.20. The van der Waals surface area contributed by atoms with Gasteiger partial charge in [-0.2, -0.15) is 0 Å². The number of aromatic nitrogens is 3. The van der Waals surface area contributed by atoms with Crippen LogP contribution in [0.2, 0.25) is 0 Å². The van der Waals surface area contributed by atoms with E-state index in [1.165, 1.54) is 11.8 Å². The summed E-state index contributed by atoms with van der Waals surface area (Å²) < 4.78 is 0. The molecule has 8 nitrogen and oxygen atoms in total. The van der Waals surface area contributed by atoms with Crippen molar-refractivity contribution in [3.8, 4) is 0 Å². The van der Waals surface area contributed by atoms with Gasteiger partial charge in [0.2, 0.25) is 5.95 Å². The predicted molar refractivity (Wildman–Crippen MR) is 83.0 cm³/mol. The zero-order valence-corrected chi connectivity index (χ0v) is 12.4. The van der Waals surface area contributed by atoms with Crippen LogP contribution in [-0.2, 0) is 6.42 Å². The second-order valence-corrected chi connectivity index (χ2v) is 5.91. The summed E-state index contributed by atoms with van der Waals surface area (Å²) in [5, 5.41) is 19.7. The highest BCUT2D eigenvalue weighted by Gasteiger charge is 2.21. The fourth-order valence-corrected chi connectivity index (χ4v) is 2.48. The lowest BCUT2D eigenvalue weighted by molar-refractivity contribution is 0.0154. The molecule has 9 heteroatoms. The summed E-state index contributed by atoms with van der Waals surface area (Å²) in [6, 6.07) is 0. The number of fused-ring (bicyclic) bond motifs is 1. The van der Waals surface area contributed by atoms with E-state index in [-0.39, 0.29) is 29.7 Å². The number of hydrogen-bond acceptors (Lipinski definition) is 7. The topological polar surface area (TPSA) is 154 Å². The van der Waals surface area contributed by atoms with Gasteiger partial charge in [-0.1, -0.05) is 0 Å². The fraction of sp³-hybridized carbons (Fsp3) is 0.500. The zero-order chi connectivity index (χ0) is 15.6. The first-order chi connectivity index (χ1) is 9.92. The summed E-state index contributed by atoms with van der Waals surface area (Å²) in [5.41, 5.74) is 12.2. The minimum absolute atomic E-state index is 0.00722. The van der Waals surface area contributed by atoms with E-state index < -0.39 is 12.2 Å². The Hall–Kier alpha value is -1.55. The molecule has 0 aliphatic heterocycles. The van der Waals surface area contributed by atoms with Gasteiger partial charge in [0.15, 0.2) is 0 Å². The monoisotopic (exact) mass is 313 g/mol. The van der Waals surface area contributed by atoms with Crippen molar-refractivity contribution in [2.24, 2.45) is 5.73 Å². The van der Waals surface area contributed by atoms with Crippen LogP contribution >= 0.6 is 11.8 Å². The van der Waals surface area contributed by atoms with E-state index in [0.29, 0.717) is 16.6 Å². The first-order valence-electron chi connectivity index (χ1n) is 6.42. The van der Waals surface area contributed by atoms with Crippen LogP contribution in [0, 0.1) is 0 Å². The first kappa shape index (κ1) is 15.8. The number of aliphatic hydroxyl groups is 2. The number of rotatable bonds is 6. The average Bonchev–Trinajstić information content (AvgIpc) is 2.81. The molecule has 2 rings (SSSR count). The van der Waals surface area contributed by atoms with Gasteiger partial charge in [-0.25, -0.2) is 4.98 Å². The number of nitrogens with one attached hydrogen (secondary N) is 2. The third kappa shape index (κ3) is 3.56. The maximum atomic E-state index is 11.7. The summed E-state index contributed by atoms with van der Waals surface area (Å²) >= 11 is 1.41. The van der Waals surface area contributed by atoms with E-state index >= 15 is 0 Å². The number of nitrogen functional groups attached to an aromatic ring is 1.